The van der Waals surface area contributed by atoms with E-state index < -0.39 is 0 Å². The number of nitrogens with one attached hydrogen (secondary N) is 1. The molecule has 0 saturated carbocycles. The summed E-state index contributed by atoms with van der Waals surface area (Å²) in [4.78, 5) is 19.1. The maximum atomic E-state index is 12.8. The standard InChI is InChI=1S/C18H21N5O2/c1-13-10-20-21-18(13)16-11-25-9-8-23(16)17(24)6-7-22-12-19-14-4-2-3-5-15(14)22/h2-5,10,12,16H,6-9,11H2,1H3,(H,20,21)/t16-/m0/s1. The SMILES string of the molecule is Cc1cn[nH]c1[C@@H]1COCCN1C(=O)CCn1cnc2ccccc21. The Labute approximate surface area is 145 Å². The Hall–Kier alpha value is -2.67. The molecule has 1 saturated heterocycles. The maximum Gasteiger partial charge on any atom is 0.225 e. The Bertz CT molecular complexity index is 884. The molecule has 7 nitrogen and oxygen atoms in total. The monoisotopic (exact) mass is 339 g/mol. The van der Waals surface area contributed by atoms with Gasteiger partial charge < -0.3 is 14.2 Å². The van der Waals surface area contributed by atoms with E-state index in [1.54, 1.807) is 12.5 Å². The lowest BCUT2D eigenvalue weighted by molar-refractivity contribution is -0.140. The van der Waals surface area contributed by atoms with Gasteiger partial charge in [0.25, 0.3) is 0 Å². The molecule has 1 aromatic carbocycles. The van der Waals surface area contributed by atoms with Crippen molar-refractivity contribution >= 4 is 16.9 Å². The summed E-state index contributed by atoms with van der Waals surface area (Å²) in [6.07, 6.45) is 4.02. The molecule has 1 aliphatic heterocycles. The number of carbonyl (C=O) groups excluding carboxylic acids is 1. The van der Waals surface area contributed by atoms with Crippen LogP contribution in [0.3, 0.4) is 0 Å². The van der Waals surface area contributed by atoms with Crippen LogP contribution in [0.25, 0.3) is 11.0 Å². The molecule has 0 aliphatic carbocycles. The molecule has 25 heavy (non-hydrogen) atoms. The lowest BCUT2D eigenvalue weighted by Crippen LogP contribution is -2.44. The van der Waals surface area contributed by atoms with E-state index in [0.29, 0.717) is 32.7 Å². The number of fused-ring (bicyclic) bond motifs is 1. The van der Waals surface area contributed by atoms with Gasteiger partial charge in [0.05, 0.1) is 48.5 Å². The van der Waals surface area contributed by atoms with E-state index in [4.69, 9.17) is 4.74 Å². The molecular weight excluding hydrogens is 318 g/mol. The fourth-order valence-electron chi connectivity index (χ4n) is 3.38. The van der Waals surface area contributed by atoms with Crippen molar-refractivity contribution in [3.63, 3.8) is 0 Å². The average Bonchev–Trinajstić information content (AvgIpc) is 3.26. The number of morpholine rings is 1. The molecule has 0 bridgehead atoms. The van der Waals surface area contributed by atoms with Gasteiger partial charge in [-0.15, -0.1) is 0 Å². The second-order valence-electron chi connectivity index (χ2n) is 6.32. The van der Waals surface area contributed by atoms with Crippen molar-refractivity contribution in [2.45, 2.75) is 25.9 Å². The van der Waals surface area contributed by atoms with Crippen LogP contribution in [0, 0.1) is 6.92 Å². The zero-order chi connectivity index (χ0) is 17.2. The van der Waals surface area contributed by atoms with Crippen LogP contribution in [0.5, 0.6) is 0 Å². The minimum absolute atomic E-state index is 0.0942. The highest BCUT2D eigenvalue weighted by Crippen LogP contribution is 2.25. The van der Waals surface area contributed by atoms with Crippen molar-refractivity contribution in [3.8, 4) is 0 Å². The third kappa shape index (κ3) is 3.02. The molecule has 1 aliphatic rings. The zero-order valence-corrected chi connectivity index (χ0v) is 14.2. The summed E-state index contributed by atoms with van der Waals surface area (Å²) in [7, 11) is 0. The summed E-state index contributed by atoms with van der Waals surface area (Å²) < 4.78 is 7.62. The summed E-state index contributed by atoms with van der Waals surface area (Å²) >= 11 is 0. The lowest BCUT2D eigenvalue weighted by Gasteiger charge is -2.35. The molecular formula is C18H21N5O2. The number of hydrogen-bond acceptors (Lipinski definition) is 4. The van der Waals surface area contributed by atoms with Gasteiger partial charge in [0.2, 0.25) is 5.91 Å². The third-order valence-electron chi connectivity index (χ3n) is 4.74. The van der Waals surface area contributed by atoms with Crippen LogP contribution in [0.2, 0.25) is 0 Å². The number of aromatic amines is 1. The number of imidazole rings is 1. The number of aromatic nitrogens is 4. The topological polar surface area (TPSA) is 76.0 Å². The van der Waals surface area contributed by atoms with Gasteiger partial charge in [0.1, 0.15) is 0 Å². The number of H-pyrrole nitrogens is 1. The first-order chi connectivity index (χ1) is 12.2. The highest BCUT2D eigenvalue weighted by molar-refractivity contribution is 5.78. The van der Waals surface area contributed by atoms with Crippen LogP contribution in [0.15, 0.2) is 36.8 Å². The summed E-state index contributed by atoms with van der Waals surface area (Å²) in [5.74, 6) is 0.125. The van der Waals surface area contributed by atoms with Crippen molar-refractivity contribution in [2.75, 3.05) is 19.8 Å². The number of carbonyl (C=O) groups is 1. The number of aryl methyl sites for hydroxylation is 2. The molecule has 1 amide bonds. The van der Waals surface area contributed by atoms with E-state index in [1.807, 2.05) is 40.7 Å². The Kier molecular flexibility index (Phi) is 4.23. The molecule has 0 unspecified atom stereocenters. The molecule has 3 heterocycles. The number of hydrogen-bond donors (Lipinski definition) is 1. The Morgan fingerprint density at radius 1 is 1.40 bits per heavy atom. The van der Waals surface area contributed by atoms with Gasteiger partial charge in [0, 0.05) is 19.5 Å². The minimum atomic E-state index is -0.0942. The summed E-state index contributed by atoms with van der Waals surface area (Å²) in [6.45, 7) is 4.29. The number of benzene rings is 1. The van der Waals surface area contributed by atoms with Crippen molar-refractivity contribution in [3.05, 3.63) is 48.0 Å². The molecule has 1 fully saturated rings. The highest BCUT2D eigenvalue weighted by atomic mass is 16.5. The molecule has 130 valence electrons. The predicted octanol–water partition coefficient (Wildman–Crippen LogP) is 2.06. The maximum absolute atomic E-state index is 12.8. The van der Waals surface area contributed by atoms with Crippen LogP contribution in [-0.4, -0.2) is 50.3 Å². The summed E-state index contributed by atoms with van der Waals surface area (Å²) in [5, 5.41) is 7.10. The Morgan fingerprint density at radius 3 is 3.12 bits per heavy atom. The molecule has 0 radical (unpaired) electrons. The minimum Gasteiger partial charge on any atom is -0.377 e. The van der Waals surface area contributed by atoms with Gasteiger partial charge in [-0.1, -0.05) is 12.1 Å². The first-order valence-electron chi connectivity index (χ1n) is 8.51. The first kappa shape index (κ1) is 15.8. The summed E-state index contributed by atoms with van der Waals surface area (Å²) in [5.41, 5.74) is 4.01. The molecule has 1 atom stereocenters. The van der Waals surface area contributed by atoms with Crippen LogP contribution < -0.4 is 0 Å². The number of rotatable bonds is 4. The fourth-order valence-corrected chi connectivity index (χ4v) is 3.38. The zero-order valence-electron chi connectivity index (χ0n) is 14.2. The van der Waals surface area contributed by atoms with E-state index in [-0.39, 0.29) is 11.9 Å². The van der Waals surface area contributed by atoms with Crippen molar-refractivity contribution in [1.29, 1.82) is 0 Å². The van der Waals surface area contributed by atoms with Gasteiger partial charge >= 0.3 is 0 Å². The van der Waals surface area contributed by atoms with Gasteiger partial charge in [-0.05, 0) is 24.6 Å². The van der Waals surface area contributed by atoms with E-state index >= 15 is 0 Å². The van der Waals surface area contributed by atoms with Gasteiger partial charge in [-0.25, -0.2) is 4.98 Å². The van der Waals surface area contributed by atoms with Gasteiger partial charge in [-0.3, -0.25) is 9.89 Å². The van der Waals surface area contributed by atoms with Crippen LogP contribution in [0.4, 0.5) is 0 Å². The average molecular weight is 339 g/mol. The van der Waals surface area contributed by atoms with Gasteiger partial charge in [0.15, 0.2) is 0 Å². The fraction of sp³-hybridized carbons (Fsp3) is 0.389. The molecule has 2 aromatic heterocycles. The van der Waals surface area contributed by atoms with Crippen molar-refractivity contribution in [2.24, 2.45) is 0 Å². The molecule has 1 N–H and O–H groups in total. The number of ether oxygens (including phenoxy) is 1. The molecule has 3 aromatic rings. The van der Waals surface area contributed by atoms with Crippen LogP contribution in [-0.2, 0) is 16.1 Å². The number of amides is 1. The normalized spacial score (nSPS) is 18.0. The van der Waals surface area contributed by atoms with Gasteiger partial charge in [-0.2, -0.15) is 5.10 Å². The van der Waals surface area contributed by atoms with Crippen LogP contribution >= 0.6 is 0 Å². The Morgan fingerprint density at radius 2 is 2.28 bits per heavy atom. The smallest absolute Gasteiger partial charge is 0.225 e. The number of nitrogens with zero attached hydrogens (tertiary/aromatic N) is 4. The van der Waals surface area contributed by atoms with Crippen LogP contribution in [0.1, 0.15) is 23.7 Å². The highest BCUT2D eigenvalue weighted by Gasteiger charge is 2.30. The van der Waals surface area contributed by atoms with E-state index in [2.05, 4.69) is 15.2 Å². The van der Waals surface area contributed by atoms with E-state index in [9.17, 15) is 4.79 Å². The van der Waals surface area contributed by atoms with Crippen molar-refractivity contribution in [1.82, 2.24) is 24.6 Å². The van der Waals surface area contributed by atoms with E-state index in [1.165, 1.54) is 0 Å². The quantitative estimate of drug-likeness (QED) is 0.789. The van der Waals surface area contributed by atoms with Crippen molar-refractivity contribution < 1.29 is 9.53 Å². The second-order valence-corrected chi connectivity index (χ2v) is 6.32. The third-order valence-corrected chi connectivity index (χ3v) is 4.74. The Balaban J connectivity index is 1.48. The van der Waals surface area contributed by atoms with E-state index in [0.717, 1.165) is 22.3 Å². The summed E-state index contributed by atoms with van der Waals surface area (Å²) in [6, 6.07) is 7.87. The lowest BCUT2D eigenvalue weighted by atomic mass is 10.1. The first-order valence-corrected chi connectivity index (χ1v) is 8.51. The predicted molar refractivity (Wildman–Crippen MR) is 92.9 cm³/mol. The second kappa shape index (κ2) is 6.68. The molecule has 0 spiro atoms. The number of para-hydroxylation sites is 2. The molecule has 4 rings (SSSR count). The largest absolute Gasteiger partial charge is 0.377 e. The molecule has 7 heteroatoms.